The molecule has 2 amide bonds. The second kappa shape index (κ2) is 13.1. The molecule has 9 heteroatoms. The van der Waals surface area contributed by atoms with E-state index in [0.717, 1.165) is 47.2 Å². The lowest BCUT2D eigenvalue weighted by Crippen LogP contribution is -2.53. The minimum absolute atomic E-state index is 0.0613. The number of halogens is 1. The summed E-state index contributed by atoms with van der Waals surface area (Å²) in [7, 11) is -4.31. The van der Waals surface area contributed by atoms with Gasteiger partial charge in [-0.2, -0.15) is 0 Å². The molecule has 3 aromatic rings. The van der Waals surface area contributed by atoms with Gasteiger partial charge in [-0.05, 0) is 56.0 Å². The fraction of sp³-hybridized carbons (Fsp3) is 0.355. The van der Waals surface area contributed by atoms with Crippen molar-refractivity contribution >= 4 is 27.5 Å². The molecule has 4 rings (SSSR count). The van der Waals surface area contributed by atoms with Crippen molar-refractivity contribution < 1.29 is 22.4 Å². The molecule has 1 saturated carbocycles. The third-order valence-corrected chi connectivity index (χ3v) is 9.07. The number of benzene rings is 3. The van der Waals surface area contributed by atoms with Gasteiger partial charge in [0, 0.05) is 12.6 Å². The van der Waals surface area contributed by atoms with Crippen molar-refractivity contribution in [3.63, 3.8) is 0 Å². The summed E-state index contributed by atoms with van der Waals surface area (Å²) < 4.78 is 43.3. The summed E-state index contributed by atoms with van der Waals surface area (Å²) in [5, 5.41) is 3.09. The molecule has 1 N–H and O–H groups in total. The maximum absolute atomic E-state index is 15.0. The van der Waals surface area contributed by atoms with Crippen LogP contribution in [0, 0.1) is 12.7 Å². The zero-order valence-electron chi connectivity index (χ0n) is 22.9. The van der Waals surface area contributed by atoms with Crippen molar-refractivity contribution in [2.45, 2.75) is 69.5 Å². The number of aryl methyl sites for hydroxylation is 1. The van der Waals surface area contributed by atoms with Crippen LogP contribution in [0.1, 0.15) is 50.2 Å². The number of nitrogens with one attached hydrogen (secondary N) is 1. The van der Waals surface area contributed by atoms with Crippen LogP contribution in [0.25, 0.3) is 0 Å². The van der Waals surface area contributed by atoms with E-state index >= 15 is 4.39 Å². The Bertz CT molecular complexity index is 1410. The molecule has 1 aliphatic rings. The van der Waals surface area contributed by atoms with Gasteiger partial charge in [-0.3, -0.25) is 13.9 Å². The Morgan fingerprint density at radius 2 is 1.57 bits per heavy atom. The Balaban J connectivity index is 1.71. The van der Waals surface area contributed by atoms with Crippen LogP contribution in [-0.2, 0) is 26.2 Å². The first kappa shape index (κ1) is 29.3. The van der Waals surface area contributed by atoms with Gasteiger partial charge in [0.05, 0.1) is 10.6 Å². The maximum atomic E-state index is 15.0. The number of carbonyl (C=O) groups excluding carboxylic acids is 2. The number of rotatable bonds is 11. The molecule has 0 spiro atoms. The van der Waals surface area contributed by atoms with Gasteiger partial charge < -0.3 is 10.2 Å². The Kier molecular flexibility index (Phi) is 9.58. The number of nitrogens with zero attached hydrogens (tertiary/aromatic N) is 2. The van der Waals surface area contributed by atoms with Crippen LogP contribution in [-0.4, -0.2) is 43.8 Å². The molecule has 0 heterocycles. The van der Waals surface area contributed by atoms with E-state index < -0.39 is 34.3 Å². The Morgan fingerprint density at radius 1 is 0.950 bits per heavy atom. The van der Waals surface area contributed by atoms with Gasteiger partial charge in [0.2, 0.25) is 11.8 Å². The van der Waals surface area contributed by atoms with E-state index in [1.807, 2.05) is 38.1 Å². The van der Waals surface area contributed by atoms with Gasteiger partial charge in [0.15, 0.2) is 0 Å². The van der Waals surface area contributed by atoms with Gasteiger partial charge in [-0.15, -0.1) is 0 Å². The number of anilines is 1. The van der Waals surface area contributed by atoms with Crippen molar-refractivity contribution in [3.8, 4) is 0 Å². The smallest absolute Gasteiger partial charge is 0.264 e. The fourth-order valence-electron chi connectivity index (χ4n) is 5.06. The van der Waals surface area contributed by atoms with Gasteiger partial charge in [-0.25, -0.2) is 12.8 Å². The topological polar surface area (TPSA) is 86.8 Å². The van der Waals surface area contributed by atoms with Crippen LogP contribution < -0.4 is 9.62 Å². The highest BCUT2D eigenvalue weighted by Crippen LogP contribution is 2.27. The molecule has 0 radical (unpaired) electrons. The lowest BCUT2D eigenvalue weighted by atomic mass is 10.1. The molecule has 1 fully saturated rings. The van der Waals surface area contributed by atoms with Gasteiger partial charge in [-0.1, -0.05) is 79.9 Å². The van der Waals surface area contributed by atoms with Crippen LogP contribution in [0.5, 0.6) is 0 Å². The first-order chi connectivity index (χ1) is 19.2. The van der Waals surface area contributed by atoms with E-state index in [0.29, 0.717) is 6.42 Å². The molecule has 0 bridgehead atoms. The van der Waals surface area contributed by atoms with Crippen molar-refractivity contribution in [1.82, 2.24) is 10.2 Å². The fourth-order valence-corrected chi connectivity index (χ4v) is 6.51. The minimum Gasteiger partial charge on any atom is -0.352 e. The van der Waals surface area contributed by atoms with Crippen molar-refractivity contribution in [3.05, 3.63) is 95.8 Å². The second-order valence-corrected chi connectivity index (χ2v) is 12.1. The molecule has 1 atom stereocenters. The van der Waals surface area contributed by atoms with Crippen LogP contribution >= 0.6 is 0 Å². The number of hydrogen-bond acceptors (Lipinski definition) is 4. The van der Waals surface area contributed by atoms with E-state index in [2.05, 4.69) is 5.32 Å². The lowest BCUT2D eigenvalue weighted by Gasteiger charge is -2.33. The third kappa shape index (κ3) is 6.88. The van der Waals surface area contributed by atoms with E-state index in [-0.39, 0.29) is 29.1 Å². The molecule has 1 unspecified atom stereocenters. The average molecular weight is 566 g/mol. The standard InChI is InChI=1S/C31H36FN3O4S/c1-3-28(31(37)33-25-11-7-8-12-25)34(21-24-19-17-23(2)18-20-24)30(36)22-35(29-16-10-9-15-27(29)32)40(38,39)26-13-5-4-6-14-26/h4-6,9-10,13-20,25,28H,3,7-8,11-12,21-22H2,1-2H3,(H,33,37). The summed E-state index contributed by atoms with van der Waals surface area (Å²) in [6, 6.07) is 19.9. The third-order valence-electron chi connectivity index (χ3n) is 7.29. The molecule has 0 aromatic heterocycles. The summed E-state index contributed by atoms with van der Waals surface area (Å²) in [5.74, 6) is -1.64. The summed E-state index contributed by atoms with van der Waals surface area (Å²) in [4.78, 5) is 28.9. The zero-order chi connectivity index (χ0) is 28.7. The number of para-hydroxylation sites is 1. The van der Waals surface area contributed by atoms with E-state index in [1.165, 1.54) is 35.2 Å². The Morgan fingerprint density at radius 3 is 2.20 bits per heavy atom. The van der Waals surface area contributed by atoms with Crippen molar-refractivity contribution in [2.75, 3.05) is 10.8 Å². The molecule has 1 aliphatic carbocycles. The van der Waals surface area contributed by atoms with Gasteiger partial charge in [0.25, 0.3) is 10.0 Å². The summed E-state index contributed by atoms with van der Waals surface area (Å²) >= 11 is 0. The van der Waals surface area contributed by atoms with E-state index in [1.54, 1.807) is 18.2 Å². The largest absolute Gasteiger partial charge is 0.352 e. The lowest BCUT2D eigenvalue weighted by molar-refractivity contribution is -0.140. The van der Waals surface area contributed by atoms with Gasteiger partial charge >= 0.3 is 0 Å². The molecule has 212 valence electrons. The van der Waals surface area contributed by atoms with E-state index in [4.69, 9.17) is 0 Å². The highest BCUT2D eigenvalue weighted by molar-refractivity contribution is 7.92. The maximum Gasteiger partial charge on any atom is 0.264 e. The molecular formula is C31H36FN3O4S. The second-order valence-electron chi connectivity index (χ2n) is 10.2. The molecule has 3 aromatic carbocycles. The Hall–Kier alpha value is -3.72. The highest BCUT2D eigenvalue weighted by atomic mass is 32.2. The average Bonchev–Trinajstić information content (AvgIpc) is 3.46. The SMILES string of the molecule is CCC(C(=O)NC1CCCC1)N(Cc1ccc(C)cc1)C(=O)CN(c1ccccc1F)S(=O)(=O)c1ccccc1. The normalized spacial score (nSPS) is 14.5. The molecular weight excluding hydrogens is 529 g/mol. The molecule has 0 saturated heterocycles. The highest BCUT2D eigenvalue weighted by Gasteiger charge is 2.35. The van der Waals surface area contributed by atoms with Crippen LogP contribution in [0.15, 0.2) is 83.8 Å². The molecule has 40 heavy (non-hydrogen) atoms. The summed E-state index contributed by atoms with van der Waals surface area (Å²) in [5.41, 5.74) is 1.61. The number of hydrogen-bond donors (Lipinski definition) is 1. The monoisotopic (exact) mass is 565 g/mol. The van der Waals surface area contributed by atoms with Crippen LogP contribution in [0.4, 0.5) is 10.1 Å². The predicted octanol–water partition coefficient (Wildman–Crippen LogP) is 5.20. The zero-order valence-corrected chi connectivity index (χ0v) is 23.7. The van der Waals surface area contributed by atoms with Crippen molar-refractivity contribution in [2.24, 2.45) is 0 Å². The number of amides is 2. The quantitative estimate of drug-likeness (QED) is 0.347. The first-order valence-corrected chi connectivity index (χ1v) is 15.1. The number of sulfonamides is 1. The van der Waals surface area contributed by atoms with Crippen LogP contribution in [0.3, 0.4) is 0 Å². The molecule has 7 nitrogen and oxygen atoms in total. The minimum atomic E-state index is -4.31. The van der Waals surface area contributed by atoms with Crippen molar-refractivity contribution in [1.29, 1.82) is 0 Å². The summed E-state index contributed by atoms with van der Waals surface area (Å²) in [6.07, 6.45) is 4.21. The van der Waals surface area contributed by atoms with Crippen LogP contribution in [0.2, 0.25) is 0 Å². The van der Waals surface area contributed by atoms with E-state index in [9.17, 15) is 18.0 Å². The summed E-state index contributed by atoms with van der Waals surface area (Å²) in [6.45, 7) is 3.21. The molecule has 0 aliphatic heterocycles. The Labute approximate surface area is 236 Å². The first-order valence-electron chi connectivity index (χ1n) is 13.7. The van der Waals surface area contributed by atoms with Gasteiger partial charge in [0.1, 0.15) is 18.4 Å². The predicted molar refractivity (Wildman–Crippen MR) is 154 cm³/mol. The number of carbonyl (C=O) groups is 2.